The van der Waals surface area contributed by atoms with Crippen LogP contribution in [0.4, 0.5) is 0 Å². The van der Waals surface area contributed by atoms with Crippen LogP contribution in [0.15, 0.2) is 5.16 Å². The lowest BCUT2D eigenvalue weighted by Crippen LogP contribution is -2.05. The first-order valence-electron chi connectivity index (χ1n) is 5.60. The Morgan fingerprint density at radius 3 is 3.06 bits per heavy atom. The second-order valence-electron chi connectivity index (χ2n) is 4.03. The lowest BCUT2D eigenvalue weighted by atomic mass is 10.1. The summed E-state index contributed by atoms with van der Waals surface area (Å²) in [6.45, 7) is 2.30. The molecule has 1 aliphatic heterocycles. The van der Waals surface area contributed by atoms with Crippen LogP contribution >= 0.6 is 11.8 Å². The van der Waals surface area contributed by atoms with E-state index in [2.05, 4.69) is 10.2 Å². The molecule has 1 aromatic rings. The molecule has 2 rings (SSSR count). The van der Waals surface area contributed by atoms with Gasteiger partial charge < -0.3 is 15.0 Å². The van der Waals surface area contributed by atoms with Gasteiger partial charge in [0, 0.05) is 26.0 Å². The predicted octanol–water partition coefficient (Wildman–Crippen LogP) is 0.792. The van der Waals surface area contributed by atoms with Crippen molar-refractivity contribution in [3.8, 4) is 0 Å². The van der Waals surface area contributed by atoms with Gasteiger partial charge in [0.05, 0.1) is 6.54 Å². The zero-order chi connectivity index (χ0) is 11.4. The Morgan fingerprint density at radius 1 is 1.56 bits per heavy atom. The highest BCUT2D eigenvalue weighted by Gasteiger charge is 2.16. The Hall–Kier alpha value is -0.590. The second kappa shape index (κ2) is 5.65. The van der Waals surface area contributed by atoms with Gasteiger partial charge in [0.25, 0.3) is 0 Å². The van der Waals surface area contributed by atoms with Crippen molar-refractivity contribution in [3.05, 3.63) is 5.82 Å². The Balaban J connectivity index is 1.78. The predicted molar refractivity (Wildman–Crippen MR) is 63.2 cm³/mol. The number of ether oxygens (including phenoxy) is 1. The van der Waals surface area contributed by atoms with E-state index < -0.39 is 0 Å². The molecule has 0 aromatic carbocycles. The summed E-state index contributed by atoms with van der Waals surface area (Å²) in [5, 5.41) is 9.10. The van der Waals surface area contributed by atoms with Crippen molar-refractivity contribution in [2.75, 3.05) is 19.0 Å². The lowest BCUT2D eigenvalue weighted by Gasteiger charge is -2.06. The fourth-order valence-electron chi connectivity index (χ4n) is 1.78. The molecule has 1 atom stereocenters. The number of aromatic nitrogens is 3. The molecule has 1 aliphatic rings. The maximum atomic E-state index is 5.54. The van der Waals surface area contributed by atoms with Gasteiger partial charge in [0.2, 0.25) is 0 Å². The summed E-state index contributed by atoms with van der Waals surface area (Å²) in [7, 11) is 1.96. The minimum atomic E-state index is 0.445. The van der Waals surface area contributed by atoms with E-state index in [9.17, 15) is 0 Å². The zero-order valence-corrected chi connectivity index (χ0v) is 10.4. The number of rotatable bonds is 5. The molecular formula is C10H18N4OS. The van der Waals surface area contributed by atoms with Crippen LogP contribution in [-0.4, -0.2) is 33.7 Å². The van der Waals surface area contributed by atoms with Crippen LogP contribution in [0, 0.1) is 5.92 Å². The summed E-state index contributed by atoms with van der Waals surface area (Å²) in [5.74, 6) is 2.64. The minimum absolute atomic E-state index is 0.445. The number of nitrogens with two attached hydrogens (primary N) is 1. The van der Waals surface area contributed by atoms with Gasteiger partial charge in [-0.05, 0) is 18.8 Å². The molecule has 0 radical (unpaired) electrons. The van der Waals surface area contributed by atoms with E-state index >= 15 is 0 Å². The molecule has 0 unspecified atom stereocenters. The summed E-state index contributed by atoms with van der Waals surface area (Å²) in [4.78, 5) is 0. The average Bonchev–Trinajstić information content (AvgIpc) is 2.90. The zero-order valence-electron chi connectivity index (χ0n) is 9.56. The highest BCUT2D eigenvalue weighted by Crippen LogP contribution is 2.22. The Labute approximate surface area is 99.7 Å². The Bertz CT molecular complexity index is 336. The van der Waals surface area contributed by atoms with Crippen molar-refractivity contribution in [3.63, 3.8) is 0 Å². The van der Waals surface area contributed by atoms with Crippen LogP contribution in [0.25, 0.3) is 0 Å². The van der Waals surface area contributed by atoms with Crippen LogP contribution in [0.5, 0.6) is 0 Å². The minimum Gasteiger partial charge on any atom is -0.381 e. The van der Waals surface area contributed by atoms with E-state index in [-0.39, 0.29) is 0 Å². The first kappa shape index (κ1) is 11.9. The molecule has 1 saturated heterocycles. The fraction of sp³-hybridized carbons (Fsp3) is 0.800. The number of hydrogen-bond acceptors (Lipinski definition) is 5. The van der Waals surface area contributed by atoms with Crippen molar-refractivity contribution in [2.24, 2.45) is 18.7 Å². The molecule has 0 spiro atoms. The van der Waals surface area contributed by atoms with Gasteiger partial charge in [0.1, 0.15) is 5.82 Å². The molecular weight excluding hydrogens is 224 g/mol. The van der Waals surface area contributed by atoms with Crippen molar-refractivity contribution in [1.82, 2.24) is 14.8 Å². The van der Waals surface area contributed by atoms with E-state index in [1.807, 2.05) is 11.6 Å². The molecule has 5 nitrogen and oxygen atoms in total. The summed E-state index contributed by atoms with van der Waals surface area (Å²) >= 11 is 1.75. The van der Waals surface area contributed by atoms with E-state index in [4.69, 9.17) is 10.5 Å². The topological polar surface area (TPSA) is 66.0 Å². The van der Waals surface area contributed by atoms with E-state index in [0.717, 1.165) is 35.9 Å². The van der Waals surface area contributed by atoms with Crippen molar-refractivity contribution in [1.29, 1.82) is 0 Å². The van der Waals surface area contributed by atoms with Crippen molar-refractivity contribution in [2.45, 2.75) is 24.5 Å². The van der Waals surface area contributed by atoms with Crippen LogP contribution in [0.2, 0.25) is 0 Å². The summed E-state index contributed by atoms with van der Waals surface area (Å²) in [6.07, 6.45) is 2.39. The number of thioether (sulfide) groups is 1. The van der Waals surface area contributed by atoms with Gasteiger partial charge in [0.15, 0.2) is 5.16 Å². The number of nitrogens with zero attached hydrogens (tertiary/aromatic N) is 3. The molecule has 0 amide bonds. The van der Waals surface area contributed by atoms with Crippen molar-refractivity contribution < 1.29 is 4.74 Å². The molecule has 1 aromatic heterocycles. The molecule has 0 bridgehead atoms. The quantitative estimate of drug-likeness (QED) is 0.773. The third-order valence-electron chi connectivity index (χ3n) is 2.89. The van der Waals surface area contributed by atoms with Gasteiger partial charge in [-0.15, -0.1) is 10.2 Å². The average molecular weight is 242 g/mol. The van der Waals surface area contributed by atoms with Crippen LogP contribution in [0.1, 0.15) is 18.7 Å². The summed E-state index contributed by atoms with van der Waals surface area (Å²) in [6, 6.07) is 0. The van der Waals surface area contributed by atoms with Gasteiger partial charge in [-0.1, -0.05) is 11.8 Å². The molecule has 0 aliphatic carbocycles. The molecule has 90 valence electrons. The van der Waals surface area contributed by atoms with E-state index in [0.29, 0.717) is 6.54 Å². The smallest absolute Gasteiger partial charge is 0.190 e. The van der Waals surface area contributed by atoms with Crippen molar-refractivity contribution >= 4 is 11.8 Å². The Morgan fingerprint density at radius 2 is 2.44 bits per heavy atom. The van der Waals surface area contributed by atoms with Gasteiger partial charge >= 0.3 is 0 Å². The first-order valence-corrected chi connectivity index (χ1v) is 6.58. The van der Waals surface area contributed by atoms with Crippen LogP contribution in [-0.2, 0) is 18.3 Å². The third-order valence-corrected chi connectivity index (χ3v) is 3.94. The fourth-order valence-corrected chi connectivity index (χ4v) is 2.81. The third kappa shape index (κ3) is 2.75. The second-order valence-corrected chi connectivity index (χ2v) is 5.09. The summed E-state index contributed by atoms with van der Waals surface area (Å²) < 4.78 is 7.31. The van der Waals surface area contributed by atoms with Crippen LogP contribution in [0.3, 0.4) is 0 Å². The van der Waals surface area contributed by atoms with E-state index in [1.165, 1.54) is 12.8 Å². The highest BCUT2D eigenvalue weighted by molar-refractivity contribution is 7.99. The standard InChI is InChI=1S/C10H18N4OS/c1-14-9(6-11)12-13-10(14)16-5-3-8-2-4-15-7-8/h8H,2-7,11H2,1H3/t8-/m1/s1. The maximum absolute atomic E-state index is 5.54. The molecule has 16 heavy (non-hydrogen) atoms. The normalized spacial score (nSPS) is 20.5. The first-order chi connectivity index (χ1) is 7.81. The lowest BCUT2D eigenvalue weighted by molar-refractivity contribution is 0.185. The molecule has 0 saturated carbocycles. The van der Waals surface area contributed by atoms with Gasteiger partial charge in [-0.2, -0.15) is 0 Å². The Kier molecular flexibility index (Phi) is 4.20. The van der Waals surface area contributed by atoms with Gasteiger partial charge in [-0.3, -0.25) is 0 Å². The van der Waals surface area contributed by atoms with Gasteiger partial charge in [-0.25, -0.2) is 0 Å². The molecule has 2 N–H and O–H groups in total. The molecule has 2 heterocycles. The van der Waals surface area contributed by atoms with Crippen LogP contribution < -0.4 is 5.73 Å². The number of hydrogen-bond donors (Lipinski definition) is 1. The SMILES string of the molecule is Cn1c(CN)nnc1SCC[C@H]1CCOC1. The largest absolute Gasteiger partial charge is 0.381 e. The highest BCUT2D eigenvalue weighted by atomic mass is 32.2. The van der Waals surface area contributed by atoms with E-state index in [1.54, 1.807) is 11.8 Å². The summed E-state index contributed by atoms with van der Waals surface area (Å²) in [5.41, 5.74) is 5.54. The maximum Gasteiger partial charge on any atom is 0.190 e. The molecule has 6 heteroatoms. The molecule has 1 fully saturated rings. The monoisotopic (exact) mass is 242 g/mol.